The lowest BCUT2D eigenvalue weighted by molar-refractivity contribution is 0.0172. The number of anilines is 1. The van der Waals surface area contributed by atoms with Crippen LogP contribution in [0.25, 0.3) is 0 Å². The fraction of sp³-hybridized carbons (Fsp3) is 0.625. The second-order valence-corrected chi connectivity index (χ2v) is 5.54. The summed E-state index contributed by atoms with van der Waals surface area (Å²) in [5, 5.41) is 0. The van der Waals surface area contributed by atoms with Crippen molar-refractivity contribution in [3.63, 3.8) is 0 Å². The van der Waals surface area contributed by atoms with Crippen molar-refractivity contribution < 1.29 is 9.47 Å². The minimum atomic E-state index is -0.104. The highest BCUT2D eigenvalue weighted by Gasteiger charge is 2.18. The van der Waals surface area contributed by atoms with Gasteiger partial charge in [0.15, 0.2) is 0 Å². The molecule has 0 aliphatic heterocycles. The molecular formula is C16H28N2O2. The van der Waals surface area contributed by atoms with E-state index in [0.29, 0.717) is 6.54 Å². The molecule has 20 heavy (non-hydrogen) atoms. The molecular weight excluding hydrogens is 252 g/mol. The molecule has 1 aromatic rings. The Hall–Kier alpha value is -1.26. The van der Waals surface area contributed by atoms with Crippen molar-refractivity contribution >= 4 is 5.69 Å². The SMILES string of the molecule is COc1ccc(N(CCCN)CCC(C)(C)OC)cc1. The number of methoxy groups -OCH3 is 2. The highest BCUT2D eigenvalue weighted by Crippen LogP contribution is 2.22. The van der Waals surface area contributed by atoms with E-state index in [4.69, 9.17) is 15.2 Å². The fourth-order valence-electron chi connectivity index (χ4n) is 1.95. The van der Waals surface area contributed by atoms with Crippen LogP contribution in [-0.2, 0) is 4.74 Å². The van der Waals surface area contributed by atoms with Crippen LogP contribution in [-0.4, -0.2) is 39.5 Å². The summed E-state index contributed by atoms with van der Waals surface area (Å²) in [4.78, 5) is 2.35. The van der Waals surface area contributed by atoms with E-state index in [0.717, 1.165) is 31.7 Å². The summed E-state index contributed by atoms with van der Waals surface area (Å²) in [7, 11) is 3.44. The molecule has 114 valence electrons. The van der Waals surface area contributed by atoms with Gasteiger partial charge in [-0.05, 0) is 57.5 Å². The molecule has 0 aliphatic rings. The van der Waals surface area contributed by atoms with Crippen molar-refractivity contribution in [2.45, 2.75) is 32.3 Å². The average Bonchev–Trinajstić information content (AvgIpc) is 2.47. The lowest BCUT2D eigenvalue weighted by Gasteiger charge is -2.30. The van der Waals surface area contributed by atoms with E-state index in [1.54, 1.807) is 14.2 Å². The van der Waals surface area contributed by atoms with E-state index in [2.05, 4.69) is 30.9 Å². The lowest BCUT2D eigenvalue weighted by atomic mass is 10.0. The molecule has 1 rings (SSSR count). The molecule has 0 saturated heterocycles. The molecule has 0 aromatic heterocycles. The normalized spacial score (nSPS) is 11.4. The molecule has 0 saturated carbocycles. The number of benzene rings is 1. The molecule has 0 amide bonds. The van der Waals surface area contributed by atoms with Gasteiger partial charge in [0, 0.05) is 25.9 Å². The van der Waals surface area contributed by atoms with Gasteiger partial charge in [0.2, 0.25) is 0 Å². The van der Waals surface area contributed by atoms with Gasteiger partial charge in [0.25, 0.3) is 0 Å². The van der Waals surface area contributed by atoms with Gasteiger partial charge in [-0.3, -0.25) is 0 Å². The third kappa shape index (κ3) is 5.39. The molecule has 0 atom stereocenters. The van der Waals surface area contributed by atoms with Crippen molar-refractivity contribution in [1.82, 2.24) is 0 Å². The van der Waals surface area contributed by atoms with Gasteiger partial charge in [-0.2, -0.15) is 0 Å². The molecule has 0 spiro atoms. The summed E-state index contributed by atoms with van der Waals surface area (Å²) in [5.74, 6) is 0.879. The highest BCUT2D eigenvalue weighted by molar-refractivity contribution is 5.49. The van der Waals surface area contributed by atoms with Crippen LogP contribution < -0.4 is 15.4 Å². The number of nitrogens with two attached hydrogens (primary N) is 1. The van der Waals surface area contributed by atoms with Crippen LogP contribution in [0, 0.1) is 0 Å². The Bertz CT molecular complexity index is 377. The smallest absolute Gasteiger partial charge is 0.119 e. The van der Waals surface area contributed by atoms with Gasteiger partial charge < -0.3 is 20.1 Å². The highest BCUT2D eigenvalue weighted by atomic mass is 16.5. The third-order valence-electron chi connectivity index (χ3n) is 3.61. The van der Waals surface area contributed by atoms with Crippen molar-refractivity contribution in [2.75, 3.05) is 38.8 Å². The van der Waals surface area contributed by atoms with E-state index < -0.39 is 0 Å². The Kier molecular flexibility index (Phi) is 6.82. The van der Waals surface area contributed by atoms with Crippen LogP contribution in [0.1, 0.15) is 26.7 Å². The van der Waals surface area contributed by atoms with E-state index in [-0.39, 0.29) is 5.60 Å². The molecule has 2 N–H and O–H groups in total. The van der Waals surface area contributed by atoms with Crippen LogP contribution in [0.4, 0.5) is 5.69 Å². The molecule has 0 bridgehead atoms. The lowest BCUT2D eigenvalue weighted by Crippen LogP contribution is -2.33. The number of nitrogens with zero attached hydrogens (tertiary/aromatic N) is 1. The zero-order valence-electron chi connectivity index (χ0n) is 13.2. The van der Waals surface area contributed by atoms with Gasteiger partial charge in [0.1, 0.15) is 5.75 Å². The second-order valence-electron chi connectivity index (χ2n) is 5.54. The summed E-state index contributed by atoms with van der Waals surface area (Å²) in [6, 6.07) is 8.17. The number of rotatable bonds is 9. The average molecular weight is 280 g/mol. The summed E-state index contributed by atoms with van der Waals surface area (Å²) in [5.41, 5.74) is 6.73. The molecule has 4 heteroatoms. The Morgan fingerprint density at radius 2 is 1.75 bits per heavy atom. The molecule has 1 aromatic carbocycles. The third-order valence-corrected chi connectivity index (χ3v) is 3.61. The van der Waals surface area contributed by atoms with Gasteiger partial charge >= 0.3 is 0 Å². The zero-order chi connectivity index (χ0) is 15.0. The maximum atomic E-state index is 5.64. The van der Waals surface area contributed by atoms with Crippen LogP contribution in [0.5, 0.6) is 5.75 Å². The van der Waals surface area contributed by atoms with Crippen LogP contribution in [0.2, 0.25) is 0 Å². The van der Waals surface area contributed by atoms with Crippen molar-refractivity contribution in [2.24, 2.45) is 5.73 Å². The molecule has 0 aliphatic carbocycles. The van der Waals surface area contributed by atoms with Crippen LogP contribution in [0.15, 0.2) is 24.3 Å². The fourth-order valence-corrected chi connectivity index (χ4v) is 1.95. The maximum Gasteiger partial charge on any atom is 0.119 e. The topological polar surface area (TPSA) is 47.7 Å². The standard InChI is InChI=1S/C16H28N2O2/c1-16(2,20-4)10-13-18(12-5-11-17)14-6-8-15(19-3)9-7-14/h6-9H,5,10-13,17H2,1-4H3. The van der Waals surface area contributed by atoms with Gasteiger partial charge in [-0.15, -0.1) is 0 Å². The monoisotopic (exact) mass is 280 g/mol. The Labute approximate surface area is 122 Å². The minimum Gasteiger partial charge on any atom is -0.497 e. The van der Waals surface area contributed by atoms with Crippen LogP contribution >= 0.6 is 0 Å². The molecule has 0 unspecified atom stereocenters. The van der Waals surface area contributed by atoms with E-state index in [9.17, 15) is 0 Å². The maximum absolute atomic E-state index is 5.64. The summed E-state index contributed by atoms with van der Waals surface area (Å²) < 4.78 is 10.7. The molecule has 0 heterocycles. The van der Waals surface area contributed by atoms with Gasteiger partial charge in [0.05, 0.1) is 12.7 Å². The quantitative estimate of drug-likeness (QED) is 0.755. The summed E-state index contributed by atoms with van der Waals surface area (Å²) >= 11 is 0. The van der Waals surface area contributed by atoms with Crippen molar-refractivity contribution in [3.05, 3.63) is 24.3 Å². The first-order chi connectivity index (χ1) is 9.52. The van der Waals surface area contributed by atoms with E-state index in [1.807, 2.05) is 12.1 Å². The summed E-state index contributed by atoms with van der Waals surface area (Å²) in [6.45, 7) is 6.85. The zero-order valence-corrected chi connectivity index (χ0v) is 13.2. The summed E-state index contributed by atoms with van der Waals surface area (Å²) in [6.07, 6.45) is 1.96. The minimum absolute atomic E-state index is 0.104. The first-order valence-electron chi connectivity index (χ1n) is 7.16. The van der Waals surface area contributed by atoms with Crippen LogP contribution in [0.3, 0.4) is 0 Å². The Morgan fingerprint density at radius 3 is 2.25 bits per heavy atom. The van der Waals surface area contributed by atoms with Gasteiger partial charge in [-0.1, -0.05) is 0 Å². The predicted octanol–water partition coefficient (Wildman–Crippen LogP) is 2.67. The van der Waals surface area contributed by atoms with Crippen molar-refractivity contribution in [3.8, 4) is 5.75 Å². The predicted molar refractivity (Wildman–Crippen MR) is 84.6 cm³/mol. The van der Waals surface area contributed by atoms with E-state index in [1.165, 1.54) is 5.69 Å². The number of hydrogen-bond acceptors (Lipinski definition) is 4. The molecule has 0 radical (unpaired) electrons. The van der Waals surface area contributed by atoms with E-state index >= 15 is 0 Å². The number of ether oxygens (including phenoxy) is 2. The molecule has 4 nitrogen and oxygen atoms in total. The Balaban J connectivity index is 2.71. The first kappa shape index (κ1) is 16.8. The first-order valence-corrected chi connectivity index (χ1v) is 7.16. The van der Waals surface area contributed by atoms with Gasteiger partial charge in [-0.25, -0.2) is 0 Å². The second kappa shape index (κ2) is 8.12. The largest absolute Gasteiger partial charge is 0.497 e. The van der Waals surface area contributed by atoms with Crippen molar-refractivity contribution in [1.29, 1.82) is 0 Å². The molecule has 0 fully saturated rings. The number of hydrogen-bond donors (Lipinski definition) is 1. The Morgan fingerprint density at radius 1 is 1.10 bits per heavy atom.